The highest BCUT2D eigenvalue weighted by Gasteiger charge is 2.41. The van der Waals surface area contributed by atoms with Crippen LogP contribution in [0.3, 0.4) is 0 Å². The van der Waals surface area contributed by atoms with Crippen LogP contribution in [0.4, 0.5) is 21.5 Å². The zero-order chi connectivity index (χ0) is 23.7. The molecule has 0 radical (unpaired) electrons. The van der Waals surface area contributed by atoms with E-state index in [0.717, 1.165) is 16.2 Å². The summed E-state index contributed by atoms with van der Waals surface area (Å²) in [6.07, 6.45) is 0. The first kappa shape index (κ1) is 22.1. The number of amides is 2. The Morgan fingerprint density at radius 3 is 2.18 bits per heavy atom. The average molecular weight is 445 g/mol. The molecule has 3 aromatic rings. The van der Waals surface area contributed by atoms with Crippen LogP contribution in [0.15, 0.2) is 72.4 Å². The monoisotopic (exact) mass is 445 g/mol. The van der Waals surface area contributed by atoms with E-state index in [1.54, 1.807) is 12.1 Å². The molecule has 0 bridgehead atoms. The van der Waals surface area contributed by atoms with Crippen LogP contribution in [-0.4, -0.2) is 33.0 Å². The maximum Gasteiger partial charge on any atom is 0.282 e. The van der Waals surface area contributed by atoms with Crippen molar-refractivity contribution in [3.05, 3.63) is 89.4 Å². The van der Waals surface area contributed by atoms with Crippen molar-refractivity contribution in [1.82, 2.24) is 0 Å². The summed E-state index contributed by atoms with van der Waals surface area (Å²) in [5.74, 6) is -1.05. The molecule has 1 heterocycles. The quantitative estimate of drug-likeness (QED) is 0.562. The Labute approximate surface area is 191 Å². The molecule has 168 valence electrons. The van der Waals surface area contributed by atoms with Crippen LogP contribution in [0, 0.1) is 12.7 Å². The van der Waals surface area contributed by atoms with Crippen LogP contribution in [0.2, 0.25) is 0 Å². The molecule has 0 aromatic heterocycles. The van der Waals surface area contributed by atoms with Gasteiger partial charge in [0.05, 0.1) is 18.4 Å². The van der Waals surface area contributed by atoms with Gasteiger partial charge in [0, 0.05) is 25.5 Å². The standard InChI is InChI=1S/C26H24FN3O3/c1-16-5-14-22(33-4)21(15-16)30-25(31)23(17-6-8-18(27)9-7-17)24(26(30)32)28-19-10-12-20(13-11-19)29(2)3/h5-15,28H,1-4H3. The summed E-state index contributed by atoms with van der Waals surface area (Å²) in [7, 11) is 5.35. The Morgan fingerprint density at radius 2 is 1.58 bits per heavy atom. The molecule has 1 aliphatic heterocycles. The third-order valence-electron chi connectivity index (χ3n) is 5.45. The number of halogens is 1. The lowest BCUT2D eigenvalue weighted by molar-refractivity contribution is -0.120. The number of ether oxygens (including phenoxy) is 1. The number of methoxy groups -OCH3 is 1. The van der Waals surface area contributed by atoms with Gasteiger partial charge in [-0.1, -0.05) is 18.2 Å². The first-order valence-electron chi connectivity index (χ1n) is 10.4. The van der Waals surface area contributed by atoms with Crippen molar-refractivity contribution in [3.63, 3.8) is 0 Å². The van der Waals surface area contributed by atoms with Gasteiger partial charge in [0.1, 0.15) is 17.3 Å². The second-order valence-corrected chi connectivity index (χ2v) is 7.94. The van der Waals surface area contributed by atoms with Crippen molar-refractivity contribution in [2.45, 2.75) is 6.92 Å². The summed E-state index contributed by atoms with van der Waals surface area (Å²) >= 11 is 0. The number of carbonyl (C=O) groups excluding carboxylic acids is 2. The summed E-state index contributed by atoms with van der Waals surface area (Å²) in [4.78, 5) is 30.2. The normalized spacial score (nSPS) is 13.5. The number of carbonyl (C=O) groups is 2. The summed E-state index contributed by atoms with van der Waals surface area (Å²) in [5, 5.41) is 3.12. The van der Waals surface area contributed by atoms with Crippen LogP contribution in [0.1, 0.15) is 11.1 Å². The van der Waals surface area contributed by atoms with Crippen LogP contribution in [0.25, 0.3) is 5.57 Å². The zero-order valence-corrected chi connectivity index (χ0v) is 18.8. The number of nitrogens with zero attached hydrogens (tertiary/aromatic N) is 2. The number of rotatable bonds is 6. The van der Waals surface area contributed by atoms with Gasteiger partial charge in [-0.25, -0.2) is 9.29 Å². The largest absolute Gasteiger partial charge is 0.495 e. The van der Waals surface area contributed by atoms with Gasteiger partial charge < -0.3 is 15.0 Å². The van der Waals surface area contributed by atoms with Gasteiger partial charge in [-0.3, -0.25) is 9.59 Å². The first-order chi connectivity index (χ1) is 15.8. The number of anilines is 3. The van der Waals surface area contributed by atoms with E-state index < -0.39 is 17.6 Å². The van der Waals surface area contributed by atoms with Crippen molar-refractivity contribution < 1.29 is 18.7 Å². The minimum absolute atomic E-state index is 0.118. The number of nitrogens with one attached hydrogen (secondary N) is 1. The van der Waals surface area contributed by atoms with E-state index in [9.17, 15) is 14.0 Å². The Hall–Kier alpha value is -4.13. The number of hydrogen-bond donors (Lipinski definition) is 1. The average Bonchev–Trinajstić information content (AvgIpc) is 3.04. The molecule has 1 N–H and O–H groups in total. The highest BCUT2D eigenvalue weighted by atomic mass is 19.1. The summed E-state index contributed by atoms with van der Waals surface area (Å²) in [6, 6.07) is 18.3. The molecule has 0 aliphatic carbocycles. The van der Waals surface area contributed by atoms with Crippen LogP contribution in [-0.2, 0) is 9.59 Å². The van der Waals surface area contributed by atoms with Gasteiger partial charge in [-0.2, -0.15) is 0 Å². The molecule has 6 nitrogen and oxygen atoms in total. The highest BCUT2D eigenvalue weighted by Crippen LogP contribution is 2.38. The van der Waals surface area contributed by atoms with Crippen LogP contribution in [0.5, 0.6) is 5.75 Å². The van der Waals surface area contributed by atoms with Crippen LogP contribution >= 0.6 is 0 Å². The number of benzene rings is 3. The van der Waals surface area contributed by atoms with Gasteiger partial charge in [0.2, 0.25) is 0 Å². The lowest BCUT2D eigenvalue weighted by Gasteiger charge is -2.19. The second kappa shape index (κ2) is 8.78. The van der Waals surface area contributed by atoms with Gasteiger partial charge in [0.25, 0.3) is 11.8 Å². The number of hydrogen-bond acceptors (Lipinski definition) is 5. The van der Waals surface area contributed by atoms with Gasteiger partial charge in [0.15, 0.2) is 0 Å². The topological polar surface area (TPSA) is 61.9 Å². The van der Waals surface area contributed by atoms with Gasteiger partial charge in [-0.15, -0.1) is 0 Å². The molecule has 0 saturated carbocycles. The minimum atomic E-state index is -0.514. The van der Waals surface area contributed by atoms with E-state index in [4.69, 9.17) is 4.74 Å². The molecular weight excluding hydrogens is 421 g/mol. The second-order valence-electron chi connectivity index (χ2n) is 7.94. The van der Waals surface area contributed by atoms with Gasteiger partial charge in [-0.05, 0) is 66.6 Å². The predicted octanol–water partition coefficient (Wildman–Crippen LogP) is 4.61. The molecule has 33 heavy (non-hydrogen) atoms. The molecule has 0 unspecified atom stereocenters. The fourth-order valence-corrected chi connectivity index (χ4v) is 3.71. The van der Waals surface area contributed by atoms with Crippen molar-refractivity contribution in [1.29, 1.82) is 0 Å². The fraction of sp³-hybridized carbons (Fsp3) is 0.154. The molecule has 0 spiro atoms. The summed E-state index contributed by atoms with van der Waals surface area (Å²) in [6.45, 7) is 1.87. The van der Waals surface area contributed by atoms with Crippen molar-refractivity contribution in [2.24, 2.45) is 0 Å². The van der Waals surface area contributed by atoms with E-state index in [0.29, 0.717) is 22.7 Å². The molecule has 0 saturated heterocycles. The van der Waals surface area contributed by atoms with E-state index in [-0.39, 0.29) is 11.3 Å². The molecule has 1 aliphatic rings. The third kappa shape index (κ3) is 4.17. The minimum Gasteiger partial charge on any atom is -0.495 e. The van der Waals surface area contributed by atoms with E-state index in [1.807, 2.05) is 56.3 Å². The lowest BCUT2D eigenvalue weighted by Crippen LogP contribution is -2.32. The van der Waals surface area contributed by atoms with E-state index >= 15 is 0 Å². The molecule has 0 atom stereocenters. The molecular formula is C26H24FN3O3. The Kier molecular flexibility index (Phi) is 5.87. The molecule has 2 amide bonds. The Balaban J connectivity index is 1.82. The van der Waals surface area contributed by atoms with Crippen LogP contribution < -0.4 is 19.9 Å². The Morgan fingerprint density at radius 1 is 0.909 bits per heavy atom. The smallest absolute Gasteiger partial charge is 0.282 e. The predicted molar refractivity (Wildman–Crippen MR) is 128 cm³/mol. The zero-order valence-electron chi connectivity index (χ0n) is 18.8. The summed E-state index contributed by atoms with van der Waals surface area (Å²) in [5.41, 5.74) is 3.59. The molecule has 3 aromatic carbocycles. The fourth-order valence-electron chi connectivity index (χ4n) is 3.71. The molecule has 4 rings (SSSR count). The maximum absolute atomic E-state index is 13.6. The summed E-state index contributed by atoms with van der Waals surface area (Å²) < 4.78 is 19.0. The molecule has 7 heteroatoms. The SMILES string of the molecule is COc1ccc(C)cc1N1C(=O)C(Nc2ccc(N(C)C)cc2)=C(c2ccc(F)cc2)C1=O. The number of imide groups is 1. The van der Waals surface area contributed by atoms with E-state index in [1.165, 1.54) is 31.4 Å². The van der Waals surface area contributed by atoms with Crippen molar-refractivity contribution in [3.8, 4) is 5.75 Å². The van der Waals surface area contributed by atoms with Crippen molar-refractivity contribution >= 4 is 34.4 Å². The van der Waals surface area contributed by atoms with E-state index in [2.05, 4.69) is 5.32 Å². The van der Waals surface area contributed by atoms with Crippen molar-refractivity contribution in [2.75, 3.05) is 36.3 Å². The maximum atomic E-state index is 13.6. The van der Waals surface area contributed by atoms with Gasteiger partial charge >= 0.3 is 0 Å². The Bertz CT molecular complexity index is 1250. The highest BCUT2D eigenvalue weighted by molar-refractivity contribution is 6.46. The molecule has 0 fully saturated rings. The first-order valence-corrected chi connectivity index (χ1v) is 10.4. The lowest BCUT2D eigenvalue weighted by atomic mass is 10.0. The number of aryl methyl sites for hydroxylation is 1. The third-order valence-corrected chi connectivity index (χ3v) is 5.45.